The number of halogens is 3. The van der Waals surface area contributed by atoms with Crippen LogP contribution in [-0.4, -0.2) is 19.2 Å². The van der Waals surface area contributed by atoms with Crippen LogP contribution in [0.15, 0.2) is 12.1 Å². The highest BCUT2D eigenvalue weighted by Crippen LogP contribution is 2.29. The highest BCUT2D eigenvalue weighted by molar-refractivity contribution is 14.1. The summed E-state index contributed by atoms with van der Waals surface area (Å²) >= 11 is 7.00. The van der Waals surface area contributed by atoms with Crippen molar-refractivity contribution in [1.82, 2.24) is 5.32 Å². The summed E-state index contributed by atoms with van der Waals surface area (Å²) in [6.07, 6.45) is 1.04. The van der Waals surface area contributed by atoms with Gasteiger partial charge in [0.25, 0.3) is 0 Å². The second-order valence-electron chi connectivity index (χ2n) is 4.01. The standard InChI is InChI=1S/C12H16I3NO/c1-8(2)16-4-3-5-17-12-10(14)6-9(13)7-11(12)15/h6-8,16H,3-5H2,1-2H3. The monoisotopic (exact) mass is 571 g/mol. The Morgan fingerprint density at radius 3 is 2.29 bits per heavy atom. The molecule has 1 rings (SSSR count). The smallest absolute Gasteiger partial charge is 0.145 e. The number of rotatable bonds is 6. The van der Waals surface area contributed by atoms with Crippen molar-refractivity contribution in [1.29, 1.82) is 0 Å². The van der Waals surface area contributed by atoms with Gasteiger partial charge in [0.05, 0.1) is 13.7 Å². The molecular weight excluding hydrogens is 555 g/mol. The van der Waals surface area contributed by atoms with Crippen molar-refractivity contribution < 1.29 is 4.74 Å². The van der Waals surface area contributed by atoms with E-state index in [4.69, 9.17) is 4.74 Å². The molecule has 0 bridgehead atoms. The molecule has 1 aromatic rings. The van der Waals surface area contributed by atoms with E-state index >= 15 is 0 Å². The predicted molar refractivity (Wildman–Crippen MR) is 97.8 cm³/mol. The van der Waals surface area contributed by atoms with E-state index in [1.165, 1.54) is 10.7 Å². The second-order valence-corrected chi connectivity index (χ2v) is 7.58. The summed E-state index contributed by atoms with van der Waals surface area (Å²) in [5.74, 6) is 1.02. The fourth-order valence-electron chi connectivity index (χ4n) is 1.30. The van der Waals surface area contributed by atoms with Gasteiger partial charge in [0, 0.05) is 9.61 Å². The third-order valence-corrected chi connectivity index (χ3v) is 4.31. The average molecular weight is 571 g/mol. The van der Waals surface area contributed by atoms with Crippen LogP contribution in [0.2, 0.25) is 0 Å². The Bertz CT molecular complexity index is 346. The molecule has 0 fully saturated rings. The first-order valence-corrected chi connectivity index (χ1v) is 8.75. The Kier molecular flexibility index (Phi) is 7.98. The van der Waals surface area contributed by atoms with E-state index in [1.807, 2.05) is 0 Å². The number of hydrogen-bond donors (Lipinski definition) is 1. The molecule has 0 saturated heterocycles. The maximum Gasteiger partial charge on any atom is 0.145 e. The molecule has 0 heterocycles. The number of benzene rings is 1. The normalized spacial score (nSPS) is 10.9. The van der Waals surface area contributed by atoms with Crippen molar-refractivity contribution in [2.75, 3.05) is 13.2 Å². The van der Waals surface area contributed by atoms with E-state index in [0.29, 0.717) is 6.04 Å². The molecule has 1 N–H and O–H groups in total. The fraction of sp³-hybridized carbons (Fsp3) is 0.500. The van der Waals surface area contributed by atoms with Gasteiger partial charge in [-0.05, 0) is 92.9 Å². The van der Waals surface area contributed by atoms with E-state index in [9.17, 15) is 0 Å². The second kappa shape index (κ2) is 8.36. The SMILES string of the molecule is CC(C)NCCCOc1c(I)cc(I)cc1I. The molecule has 0 amide bonds. The van der Waals surface area contributed by atoms with Crippen LogP contribution in [0.25, 0.3) is 0 Å². The summed E-state index contributed by atoms with van der Waals surface area (Å²) in [7, 11) is 0. The van der Waals surface area contributed by atoms with Gasteiger partial charge < -0.3 is 10.1 Å². The zero-order chi connectivity index (χ0) is 12.8. The van der Waals surface area contributed by atoms with Crippen LogP contribution in [0.4, 0.5) is 0 Å². The molecule has 0 aliphatic heterocycles. The molecule has 5 heteroatoms. The van der Waals surface area contributed by atoms with Crippen LogP contribution in [0.1, 0.15) is 20.3 Å². The summed E-state index contributed by atoms with van der Waals surface area (Å²) in [4.78, 5) is 0. The van der Waals surface area contributed by atoms with Crippen molar-refractivity contribution in [2.45, 2.75) is 26.3 Å². The van der Waals surface area contributed by atoms with E-state index in [0.717, 1.165) is 25.3 Å². The molecule has 1 aromatic carbocycles. The van der Waals surface area contributed by atoms with Crippen molar-refractivity contribution in [3.8, 4) is 5.75 Å². The van der Waals surface area contributed by atoms with Gasteiger partial charge in [-0.1, -0.05) is 13.8 Å². The van der Waals surface area contributed by atoms with E-state index in [-0.39, 0.29) is 0 Å². The van der Waals surface area contributed by atoms with Gasteiger partial charge in [-0.2, -0.15) is 0 Å². The zero-order valence-corrected chi connectivity index (χ0v) is 16.4. The van der Waals surface area contributed by atoms with Crippen LogP contribution < -0.4 is 10.1 Å². The largest absolute Gasteiger partial charge is 0.491 e. The van der Waals surface area contributed by atoms with E-state index in [2.05, 4.69) is 99.1 Å². The molecule has 17 heavy (non-hydrogen) atoms. The lowest BCUT2D eigenvalue weighted by molar-refractivity contribution is 0.302. The van der Waals surface area contributed by atoms with Crippen molar-refractivity contribution >= 4 is 67.8 Å². The quantitative estimate of drug-likeness (QED) is 0.408. The van der Waals surface area contributed by atoms with Crippen LogP contribution in [0.3, 0.4) is 0 Å². The Labute approximate surface area is 144 Å². The highest BCUT2D eigenvalue weighted by Gasteiger charge is 2.07. The fourth-order valence-corrected chi connectivity index (χ4v) is 5.20. The summed E-state index contributed by atoms with van der Waals surface area (Å²) in [6, 6.07) is 4.84. The van der Waals surface area contributed by atoms with Crippen molar-refractivity contribution in [3.63, 3.8) is 0 Å². The van der Waals surface area contributed by atoms with Gasteiger partial charge in [0.15, 0.2) is 0 Å². The first-order valence-electron chi connectivity index (χ1n) is 5.51. The topological polar surface area (TPSA) is 21.3 Å². The van der Waals surface area contributed by atoms with Crippen LogP contribution in [0, 0.1) is 10.7 Å². The Morgan fingerprint density at radius 2 is 1.76 bits per heavy atom. The Balaban J connectivity index is 2.42. The van der Waals surface area contributed by atoms with Gasteiger partial charge in [-0.15, -0.1) is 0 Å². The summed E-state index contributed by atoms with van der Waals surface area (Å²) in [5.41, 5.74) is 0. The molecule has 0 atom stereocenters. The summed E-state index contributed by atoms with van der Waals surface area (Å²) < 4.78 is 9.48. The minimum Gasteiger partial charge on any atom is -0.491 e. The van der Waals surface area contributed by atoms with E-state index < -0.39 is 0 Å². The van der Waals surface area contributed by atoms with Crippen molar-refractivity contribution in [2.24, 2.45) is 0 Å². The number of nitrogens with one attached hydrogen (secondary N) is 1. The van der Waals surface area contributed by atoms with Gasteiger partial charge in [-0.25, -0.2) is 0 Å². The lowest BCUT2D eigenvalue weighted by Gasteiger charge is -2.12. The molecule has 96 valence electrons. The molecule has 0 aliphatic rings. The number of ether oxygens (including phenoxy) is 1. The lowest BCUT2D eigenvalue weighted by Crippen LogP contribution is -2.24. The molecule has 0 spiro atoms. The highest BCUT2D eigenvalue weighted by atomic mass is 127. The average Bonchev–Trinajstić information content (AvgIpc) is 2.20. The van der Waals surface area contributed by atoms with Gasteiger partial charge in [0.2, 0.25) is 0 Å². The number of hydrogen-bond acceptors (Lipinski definition) is 2. The predicted octanol–water partition coefficient (Wildman–Crippen LogP) is 4.27. The zero-order valence-electron chi connectivity index (χ0n) is 9.90. The lowest BCUT2D eigenvalue weighted by atomic mass is 10.3. The van der Waals surface area contributed by atoms with Crippen molar-refractivity contribution in [3.05, 3.63) is 22.8 Å². The molecule has 2 nitrogen and oxygen atoms in total. The first kappa shape index (κ1) is 16.2. The molecule has 0 radical (unpaired) electrons. The first-order chi connectivity index (χ1) is 8.00. The van der Waals surface area contributed by atoms with Crippen LogP contribution >= 0.6 is 67.8 Å². The molecular formula is C12H16I3NO. The maximum atomic E-state index is 5.85. The maximum absolute atomic E-state index is 5.85. The minimum absolute atomic E-state index is 0.550. The van der Waals surface area contributed by atoms with E-state index in [1.54, 1.807) is 0 Å². The molecule has 0 unspecified atom stereocenters. The van der Waals surface area contributed by atoms with Gasteiger partial charge in [0.1, 0.15) is 5.75 Å². The van der Waals surface area contributed by atoms with Crippen LogP contribution in [0.5, 0.6) is 5.75 Å². The Hall–Kier alpha value is 1.17. The summed E-state index contributed by atoms with van der Waals surface area (Å²) in [5, 5.41) is 3.39. The molecule has 0 aliphatic carbocycles. The third-order valence-electron chi connectivity index (χ3n) is 2.08. The molecule has 0 aromatic heterocycles. The Morgan fingerprint density at radius 1 is 1.18 bits per heavy atom. The minimum atomic E-state index is 0.550. The summed E-state index contributed by atoms with van der Waals surface area (Å²) in [6.45, 7) is 6.10. The van der Waals surface area contributed by atoms with Gasteiger partial charge in [-0.3, -0.25) is 0 Å². The third kappa shape index (κ3) is 6.24. The van der Waals surface area contributed by atoms with Gasteiger partial charge >= 0.3 is 0 Å². The van der Waals surface area contributed by atoms with Crippen LogP contribution in [-0.2, 0) is 0 Å². The molecule has 0 saturated carbocycles.